The maximum atomic E-state index is 12.5. The zero-order chi connectivity index (χ0) is 22.1. The van der Waals surface area contributed by atoms with Crippen molar-refractivity contribution in [1.82, 2.24) is 20.0 Å². The van der Waals surface area contributed by atoms with Crippen LogP contribution in [0.3, 0.4) is 0 Å². The summed E-state index contributed by atoms with van der Waals surface area (Å²) in [7, 11) is 0. The summed E-state index contributed by atoms with van der Waals surface area (Å²) >= 11 is 0. The summed E-state index contributed by atoms with van der Waals surface area (Å²) in [6.45, 7) is 2.54. The highest BCUT2D eigenvalue weighted by atomic mass is 16.5. The predicted octanol–water partition coefficient (Wildman–Crippen LogP) is 3.08. The molecule has 0 fully saturated rings. The minimum Gasteiger partial charge on any atom is -0.490 e. The number of benzene rings is 2. The van der Waals surface area contributed by atoms with E-state index in [0.717, 1.165) is 23.3 Å². The van der Waals surface area contributed by atoms with E-state index in [1.165, 1.54) is 10.9 Å². The summed E-state index contributed by atoms with van der Waals surface area (Å²) in [6, 6.07) is 14.9. The Bertz CT molecular complexity index is 1360. The zero-order valence-electron chi connectivity index (χ0n) is 17.6. The van der Waals surface area contributed by atoms with Crippen molar-refractivity contribution in [2.24, 2.45) is 0 Å². The third kappa shape index (κ3) is 3.99. The topological polar surface area (TPSA) is 99.2 Å². The van der Waals surface area contributed by atoms with Crippen molar-refractivity contribution >= 4 is 16.8 Å². The molecule has 0 saturated carbocycles. The first-order chi connectivity index (χ1) is 15.6. The minimum absolute atomic E-state index is 0.154. The number of para-hydroxylation sites is 1. The summed E-state index contributed by atoms with van der Waals surface area (Å²) in [5.41, 5.74) is 3.20. The van der Waals surface area contributed by atoms with Gasteiger partial charge in [-0.3, -0.25) is 14.2 Å². The first kappa shape index (κ1) is 20.0. The van der Waals surface area contributed by atoms with E-state index in [-0.39, 0.29) is 37.1 Å². The summed E-state index contributed by atoms with van der Waals surface area (Å²) in [5.74, 6) is 1.37. The van der Waals surface area contributed by atoms with Crippen LogP contribution in [0.25, 0.3) is 22.2 Å². The van der Waals surface area contributed by atoms with Gasteiger partial charge in [-0.1, -0.05) is 17.3 Å². The van der Waals surface area contributed by atoms with E-state index >= 15 is 0 Å². The molecule has 2 aromatic carbocycles. The number of fused-ring (bicyclic) bond motifs is 2. The van der Waals surface area contributed by atoms with E-state index in [0.29, 0.717) is 22.4 Å². The summed E-state index contributed by atoms with van der Waals surface area (Å²) in [4.78, 5) is 29.1. The highest BCUT2D eigenvalue weighted by molar-refractivity contribution is 5.77. The number of nitrogens with zero attached hydrogens (tertiary/aromatic N) is 3. The highest BCUT2D eigenvalue weighted by Crippen LogP contribution is 2.33. The molecule has 8 nitrogen and oxygen atoms in total. The highest BCUT2D eigenvalue weighted by Gasteiger charge is 2.20. The van der Waals surface area contributed by atoms with E-state index < -0.39 is 0 Å². The van der Waals surface area contributed by atoms with Crippen LogP contribution in [-0.4, -0.2) is 26.7 Å². The van der Waals surface area contributed by atoms with Crippen molar-refractivity contribution in [3.8, 4) is 17.1 Å². The van der Waals surface area contributed by atoms with Crippen LogP contribution in [0.1, 0.15) is 24.6 Å². The molecule has 1 N–H and O–H groups in total. The van der Waals surface area contributed by atoms with Crippen LogP contribution in [-0.2, 0) is 24.3 Å². The van der Waals surface area contributed by atoms with E-state index in [4.69, 9.17) is 9.26 Å². The molecule has 1 atom stereocenters. The van der Waals surface area contributed by atoms with Crippen LogP contribution in [0.4, 0.5) is 0 Å². The van der Waals surface area contributed by atoms with Gasteiger partial charge in [-0.05, 0) is 42.8 Å². The Labute approximate surface area is 183 Å². The standard InChI is InChI=1S/C24H22N4O4/c1-15-10-17-11-16(6-7-21(17)31-15)22-12-18(27-32-22)13-25-23(29)8-9-28-14-26-20-5-3-2-4-19(20)24(28)30/h2-7,11-12,14-15H,8-10,13H2,1H3,(H,25,29). The number of ether oxygens (including phenoxy) is 1. The number of hydrogen-bond acceptors (Lipinski definition) is 6. The third-order valence-electron chi connectivity index (χ3n) is 5.52. The number of carbonyl (C=O) groups is 1. The normalized spacial score (nSPS) is 14.8. The zero-order valence-corrected chi connectivity index (χ0v) is 17.6. The Kier molecular flexibility index (Phi) is 5.18. The molecule has 4 aromatic rings. The molecule has 0 aliphatic carbocycles. The molecule has 0 bridgehead atoms. The maximum absolute atomic E-state index is 12.5. The third-order valence-corrected chi connectivity index (χ3v) is 5.52. The lowest BCUT2D eigenvalue weighted by Crippen LogP contribution is -2.27. The number of carbonyl (C=O) groups excluding carboxylic acids is 1. The van der Waals surface area contributed by atoms with Crippen molar-refractivity contribution in [3.05, 3.63) is 76.5 Å². The number of rotatable bonds is 6. The lowest BCUT2D eigenvalue weighted by atomic mass is 10.1. The fourth-order valence-corrected chi connectivity index (χ4v) is 3.87. The smallest absolute Gasteiger partial charge is 0.261 e. The monoisotopic (exact) mass is 430 g/mol. The second-order valence-electron chi connectivity index (χ2n) is 7.92. The number of nitrogens with one attached hydrogen (secondary N) is 1. The van der Waals surface area contributed by atoms with Crippen molar-refractivity contribution in [2.45, 2.75) is 39.0 Å². The van der Waals surface area contributed by atoms with Gasteiger partial charge in [0.15, 0.2) is 5.76 Å². The Balaban J connectivity index is 1.18. The Morgan fingerprint density at radius 1 is 1.22 bits per heavy atom. The summed E-state index contributed by atoms with van der Waals surface area (Å²) in [6.07, 6.45) is 2.69. The second kappa shape index (κ2) is 8.30. The molecule has 5 rings (SSSR count). The second-order valence-corrected chi connectivity index (χ2v) is 7.92. The van der Waals surface area contributed by atoms with Crippen molar-refractivity contribution in [1.29, 1.82) is 0 Å². The first-order valence-electron chi connectivity index (χ1n) is 10.5. The molecule has 1 aliphatic heterocycles. The summed E-state index contributed by atoms with van der Waals surface area (Å²) in [5, 5.41) is 7.41. The number of hydrogen-bond donors (Lipinski definition) is 1. The molecular formula is C24H22N4O4. The van der Waals surface area contributed by atoms with Gasteiger partial charge < -0.3 is 14.6 Å². The van der Waals surface area contributed by atoms with Crippen LogP contribution in [0.5, 0.6) is 5.75 Å². The average Bonchev–Trinajstić information content (AvgIpc) is 3.42. The molecule has 32 heavy (non-hydrogen) atoms. The molecule has 0 spiro atoms. The first-order valence-corrected chi connectivity index (χ1v) is 10.5. The lowest BCUT2D eigenvalue weighted by Gasteiger charge is -2.07. The van der Waals surface area contributed by atoms with Gasteiger partial charge >= 0.3 is 0 Å². The quantitative estimate of drug-likeness (QED) is 0.505. The van der Waals surface area contributed by atoms with E-state index in [1.807, 2.05) is 31.2 Å². The van der Waals surface area contributed by atoms with Gasteiger partial charge in [-0.25, -0.2) is 4.98 Å². The Morgan fingerprint density at radius 3 is 3.00 bits per heavy atom. The van der Waals surface area contributed by atoms with Crippen molar-refractivity contribution < 1.29 is 14.1 Å². The number of amides is 1. The van der Waals surface area contributed by atoms with Crippen LogP contribution in [0.2, 0.25) is 0 Å². The largest absolute Gasteiger partial charge is 0.490 e. The Morgan fingerprint density at radius 2 is 2.09 bits per heavy atom. The lowest BCUT2D eigenvalue weighted by molar-refractivity contribution is -0.121. The predicted molar refractivity (Wildman–Crippen MR) is 118 cm³/mol. The maximum Gasteiger partial charge on any atom is 0.261 e. The SMILES string of the molecule is CC1Cc2cc(-c3cc(CNC(=O)CCn4cnc5ccccc5c4=O)no3)ccc2O1. The number of aryl methyl sites for hydroxylation is 1. The van der Waals surface area contributed by atoms with Gasteiger partial charge in [0.05, 0.1) is 23.8 Å². The molecule has 8 heteroatoms. The van der Waals surface area contributed by atoms with Crippen LogP contribution < -0.4 is 15.6 Å². The van der Waals surface area contributed by atoms with Crippen LogP contribution >= 0.6 is 0 Å². The average molecular weight is 430 g/mol. The molecule has 0 radical (unpaired) electrons. The van der Waals surface area contributed by atoms with E-state index in [2.05, 4.69) is 21.5 Å². The van der Waals surface area contributed by atoms with Gasteiger partial charge in [0.2, 0.25) is 5.91 Å². The fraction of sp³-hybridized carbons (Fsp3) is 0.250. The molecule has 3 heterocycles. The van der Waals surface area contributed by atoms with E-state index in [9.17, 15) is 9.59 Å². The summed E-state index contributed by atoms with van der Waals surface area (Å²) < 4.78 is 12.6. The van der Waals surface area contributed by atoms with Crippen LogP contribution in [0, 0.1) is 0 Å². The molecule has 0 saturated heterocycles. The fourth-order valence-electron chi connectivity index (χ4n) is 3.87. The van der Waals surface area contributed by atoms with Gasteiger partial charge in [0, 0.05) is 31.0 Å². The minimum atomic E-state index is -0.182. The van der Waals surface area contributed by atoms with Crippen LogP contribution in [0.15, 0.2) is 64.2 Å². The molecule has 1 unspecified atom stereocenters. The van der Waals surface area contributed by atoms with Gasteiger partial charge in [-0.2, -0.15) is 0 Å². The van der Waals surface area contributed by atoms with Crippen molar-refractivity contribution in [3.63, 3.8) is 0 Å². The number of aromatic nitrogens is 3. The Hall–Kier alpha value is -3.94. The van der Waals surface area contributed by atoms with Gasteiger partial charge in [0.1, 0.15) is 17.5 Å². The molecule has 1 aliphatic rings. The molecule has 2 aromatic heterocycles. The van der Waals surface area contributed by atoms with Gasteiger partial charge in [0.25, 0.3) is 5.56 Å². The molecule has 1 amide bonds. The van der Waals surface area contributed by atoms with Crippen molar-refractivity contribution in [2.75, 3.05) is 0 Å². The van der Waals surface area contributed by atoms with E-state index in [1.54, 1.807) is 18.2 Å². The molecule has 162 valence electrons. The van der Waals surface area contributed by atoms with Gasteiger partial charge in [-0.15, -0.1) is 0 Å². The molecular weight excluding hydrogens is 408 g/mol.